The zero-order valence-electron chi connectivity index (χ0n) is 11.8. The Kier molecular flexibility index (Phi) is 3.87. The minimum absolute atomic E-state index is 0.172. The molecular weight excluding hydrogens is 270 g/mol. The number of hydrogen-bond acceptors (Lipinski definition) is 6. The van der Waals surface area contributed by atoms with E-state index in [1.165, 1.54) is 17.4 Å². The van der Waals surface area contributed by atoms with Gasteiger partial charge in [0.1, 0.15) is 6.26 Å². The number of carbonyl (C=O) groups excluding carboxylic acids is 1. The number of nitrogens with one attached hydrogen (secondary N) is 2. The molecule has 21 heavy (non-hydrogen) atoms. The third-order valence-electron chi connectivity index (χ3n) is 3.37. The van der Waals surface area contributed by atoms with E-state index in [-0.39, 0.29) is 5.69 Å². The van der Waals surface area contributed by atoms with Gasteiger partial charge in [-0.3, -0.25) is 0 Å². The topological polar surface area (TPSA) is 76.4 Å². The van der Waals surface area contributed by atoms with Crippen LogP contribution in [0.1, 0.15) is 28.5 Å². The molecule has 1 aromatic carbocycles. The molecule has 1 aliphatic rings. The van der Waals surface area contributed by atoms with Gasteiger partial charge in [-0.05, 0) is 37.1 Å². The summed E-state index contributed by atoms with van der Waals surface area (Å²) in [6.45, 7) is 3.88. The van der Waals surface area contributed by atoms with Crippen LogP contribution in [-0.2, 0) is 17.7 Å². The van der Waals surface area contributed by atoms with Gasteiger partial charge in [0, 0.05) is 12.2 Å². The molecule has 110 valence electrons. The largest absolute Gasteiger partial charge is 0.461 e. The Labute approximate surface area is 122 Å². The number of oxazole rings is 1. The molecule has 0 atom stereocenters. The van der Waals surface area contributed by atoms with Crippen molar-refractivity contribution in [2.24, 2.45) is 0 Å². The molecule has 3 rings (SSSR count). The zero-order valence-corrected chi connectivity index (χ0v) is 11.8. The Morgan fingerprint density at radius 3 is 3.29 bits per heavy atom. The Morgan fingerprint density at radius 1 is 1.52 bits per heavy atom. The fourth-order valence-corrected chi connectivity index (χ4v) is 2.39. The first-order valence-electron chi connectivity index (χ1n) is 6.99. The molecule has 6 heteroatoms. The van der Waals surface area contributed by atoms with Crippen LogP contribution in [0.5, 0.6) is 0 Å². The van der Waals surface area contributed by atoms with Crippen LogP contribution >= 0.6 is 0 Å². The molecule has 0 amide bonds. The fraction of sp³-hybridized carbons (Fsp3) is 0.333. The quantitative estimate of drug-likeness (QED) is 0.840. The Balaban J connectivity index is 1.80. The summed E-state index contributed by atoms with van der Waals surface area (Å²) >= 11 is 0. The molecule has 2 aromatic rings. The average Bonchev–Trinajstić information content (AvgIpc) is 2.97. The molecule has 0 saturated carbocycles. The summed E-state index contributed by atoms with van der Waals surface area (Å²) < 4.78 is 10.2. The lowest BCUT2D eigenvalue weighted by Gasteiger charge is -2.20. The van der Waals surface area contributed by atoms with Gasteiger partial charge in [-0.2, -0.15) is 4.98 Å². The normalized spacial score (nSPS) is 13.6. The van der Waals surface area contributed by atoms with Crippen LogP contribution < -0.4 is 10.6 Å². The van der Waals surface area contributed by atoms with E-state index in [0.29, 0.717) is 12.6 Å². The van der Waals surface area contributed by atoms with E-state index in [9.17, 15) is 4.79 Å². The maximum Gasteiger partial charge on any atom is 0.360 e. The SMILES string of the molecule is CCOC(=O)c1coc(Nc2cccc3c2CCNC3)n1. The Morgan fingerprint density at radius 2 is 2.43 bits per heavy atom. The van der Waals surface area contributed by atoms with Crippen LogP contribution in [0, 0.1) is 0 Å². The molecule has 0 unspecified atom stereocenters. The minimum Gasteiger partial charge on any atom is -0.461 e. The summed E-state index contributed by atoms with van der Waals surface area (Å²) in [5.74, 6) is -0.478. The smallest absolute Gasteiger partial charge is 0.360 e. The van der Waals surface area contributed by atoms with Crippen molar-refractivity contribution in [3.63, 3.8) is 0 Å². The van der Waals surface area contributed by atoms with E-state index in [2.05, 4.69) is 21.7 Å². The Bertz CT molecular complexity index is 651. The van der Waals surface area contributed by atoms with Crippen molar-refractivity contribution >= 4 is 17.7 Å². The van der Waals surface area contributed by atoms with Gasteiger partial charge in [0.25, 0.3) is 6.01 Å². The molecule has 1 aromatic heterocycles. The minimum atomic E-state index is -0.478. The molecule has 2 N–H and O–H groups in total. The van der Waals surface area contributed by atoms with Crippen molar-refractivity contribution in [3.8, 4) is 0 Å². The number of fused-ring (bicyclic) bond motifs is 1. The first-order valence-corrected chi connectivity index (χ1v) is 6.99. The van der Waals surface area contributed by atoms with Crippen molar-refractivity contribution in [2.45, 2.75) is 19.9 Å². The fourth-order valence-electron chi connectivity index (χ4n) is 2.39. The van der Waals surface area contributed by atoms with E-state index >= 15 is 0 Å². The van der Waals surface area contributed by atoms with E-state index in [1.807, 2.05) is 12.1 Å². The van der Waals surface area contributed by atoms with Crippen LogP contribution in [0.3, 0.4) is 0 Å². The van der Waals surface area contributed by atoms with E-state index in [0.717, 1.165) is 25.2 Å². The molecule has 0 spiro atoms. The van der Waals surface area contributed by atoms with Gasteiger partial charge in [-0.1, -0.05) is 12.1 Å². The second-order valence-electron chi connectivity index (χ2n) is 4.75. The summed E-state index contributed by atoms with van der Waals surface area (Å²) in [5, 5.41) is 6.47. The lowest BCUT2D eigenvalue weighted by molar-refractivity contribution is 0.0519. The maximum atomic E-state index is 11.6. The highest BCUT2D eigenvalue weighted by molar-refractivity contribution is 5.87. The number of aromatic nitrogens is 1. The van der Waals surface area contributed by atoms with Gasteiger partial charge in [0.2, 0.25) is 0 Å². The predicted octanol–water partition coefficient (Wildman–Crippen LogP) is 2.24. The number of benzene rings is 1. The van der Waals surface area contributed by atoms with Gasteiger partial charge in [0.15, 0.2) is 5.69 Å². The predicted molar refractivity (Wildman–Crippen MR) is 77.6 cm³/mol. The summed E-state index contributed by atoms with van der Waals surface area (Å²) in [7, 11) is 0. The lowest BCUT2D eigenvalue weighted by atomic mass is 9.99. The van der Waals surface area contributed by atoms with Crippen LogP contribution in [-0.4, -0.2) is 24.1 Å². The second kappa shape index (κ2) is 5.97. The molecule has 6 nitrogen and oxygen atoms in total. The molecule has 0 aliphatic carbocycles. The van der Waals surface area contributed by atoms with Crippen molar-refractivity contribution in [2.75, 3.05) is 18.5 Å². The number of anilines is 2. The summed E-state index contributed by atoms with van der Waals surface area (Å²) in [6, 6.07) is 6.37. The van der Waals surface area contributed by atoms with Crippen molar-refractivity contribution in [1.29, 1.82) is 0 Å². The molecule has 2 heterocycles. The first-order chi connectivity index (χ1) is 10.3. The number of carbonyl (C=O) groups is 1. The third-order valence-corrected chi connectivity index (χ3v) is 3.37. The van der Waals surface area contributed by atoms with E-state index in [4.69, 9.17) is 9.15 Å². The maximum absolute atomic E-state index is 11.6. The molecule has 0 bridgehead atoms. The highest BCUT2D eigenvalue weighted by Gasteiger charge is 2.16. The summed E-state index contributed by atoms with van der Waals surface area (Å²) in [6.07, 6.45) is 2.25. The summed E-state index contributed by atoms with van der Waals surface area (Å²) in [5.41, 5.74) is 3.66. The number of ether oxygens (including phenoxy) is 1. The Hall–Kier alpha value is -2.34. The zero-order chi connectivity index (χ0) is 14.7. The van der Waals surface area contributed by atoms with Gasteiger partial charge >= 0.3 is 5.97 Å². The van der Waals surface area contributed by atoms with Crippen LogP contribution in [0.25, 0.3) is 0 Å². The second-order valence-corrected chi connectivity index (χ2v) is 4.75. The molecule has 0 saturated heterocycles. The summed E-state index contributed by atoms with van der Waals surface area (Å²) in [4.78, 5) is 15.7. The van der Waals surface area contributed by atoms with Crippen molar-refractivity contribution in [1.82, 2.24) is 10.3 Å². The molecule has 0 radical (unpaired) electrons. The molecular formula is C15H17N3O3. The molecule has 0 fully saturated rings. The van der Waals surface area contributed by atoms with E-state index < -0.39 is 5.97 Å². The average molecular weight is 287 g/mol. The van der Waals surface area contributed by atoms with Crippen LogP contribution in [0.15, 0.2) is 28.9 Å². The monoisotopic (exact) mass is 287 g/mol. The standard InChI is InChI=1S/C15H17N3O3/c1-2-20-14(19)13-9-21-15(18-13)17-12-5-3-4-10-8-16-7-6-11(10)12/h3-5,9,16H,2,6-8H2,1H3,(H,17,18). The lowest BCUT2D eigenvalue weighted by Crippen LogP contribution is -2.24. The highest BCUT2D eigenvalue weighted by Crippen LogP contribution is 2.26. The van der Waals surface area contributed by atoms with Gasteiger partial charge in [0.05, 0.1) is 6.61 Å². The first kappa shape index (κ1) is 13.6. The van der Waals surface area contributed by atoms with Gasteiger partial charge < -0.3 is 19.8 Å². The highest BCUT2D eigenvalue weighted by atomic mass is 16.5. The number of rotatable bonds is 4. The number of esters is 1. The number of nitrogens with zero attached hydrogens (tertiary/aromatic N) is 1. The molecule has 1 aliphatic heterocycles. The third kappa shape index (κ3) is 2.90. The van der Waals surface area contributed by atoms with Gasteiger partial charge in [-0.25, -0.2) is 4.79 Å². The van der Waals surface area contributed by atoms with Crippen LogP contribution in [0.2, 0.25) is 0 Å². The van der Waals surface area contributed by atoms with E-state index in [1.54, 1.807) is 6.92 Å². The van der Waals surface area contributed by atoms with Crippen LogP contribution in [0.4, 0.5) is 11.7 Å². The van der Waals surface area contributed by atoms with Gasteiger partial charge in [-0.15, -0.1) is 0 Å². The van der Waals surface area contributed by atoms with Crippen molar-refractivity contribution < 1.29 is 13.9 Å². The van der Waals surface area contributed by atoms with Crippen molar-refractivity contribution in [3.05, 3.63) is 41.3 Å². The number of hydrogen-bond donors (Lipinski definition) is 2.